The predicted molar refractivity (Wildman–Crippen MR) is 60.6 cm³/mol. The molecule has 1 rings (SSSR count). The molecule has 0 saturated carbocycles. The Balaban J connectivity index is 2.08. The predicted octanol–water partition coefficient (Wildman–Crippen LogP) is 2.54. The molecule has 0 aromatic carbocycles. The molecule has 0 N–H and O–H groups in total. The van der Waals surface area contributed by atoms with Gasteiger partial charge in [0.1, 0.15) is 0 Å². The van der Waals surface area contributed by atoms with Crippen LogP contribution in [0.2, 0.25) is 0 Å². The molecular weight excluding hydrogens is 174 g/mol. The molecule has 14 heavy (non-hydrogen) atoms. The molecule has 1 aliphatic rings. The van der Waals surface area contributed by atoms with Crippen LogP contribution in [-0.4, -0.2) is 37.7 Å². The monoisotopic (exact) mass is 199 g/mol. The van der Waals surface area contributed by atoms with E-state index in [4.69, 9.17) is 4.74 Å². The molecule has 2 nitrogen and oxygen atoms in total. The molecular formula is C12H25NO. The highest BCUT2D eigenvalue weighted by atomic mass is 16.5. The van der Waals surface area contributed by atoms with Crippen molar-refractivity contribution in [2.45, 2.75) is 40.0 Å². The van der Waals surface area contributed by atoms with E-state index in [-0.39, 0.29) is 0 Å². The quantitative estimate of drug-likeness (QED) is 0.674. The van der Waals surface area contributed by atoms with Gasteiger partial charge in [0.15, 0.2) is 0 Å². The van der Waals surface area contributed by atoms with E-state index in [0.717, 1.165) is 26.3 Å². The van der Waals surface area contributed by atoms with Gasteiger partial charge in [0.25, 0.3) is 0 Å². The van der Waals surface area contributed by atoms with Crippen molar-refractivity contribution in [1.29, 1.82) is 0 Å². The van der Waals surface area contributed by atoms with Gasteiger partial charge < -0.3 is 4.74 Å². The summed E-state index contributed by atoms with van der Waals surface area (Å²) in [7, 11) is 0. The molecule has 1 aliphatic heterocycles. The third-order valence-electron chi connectivity index (χ3n) is 3.39. The van der Waals surface area contributed by atoms with E-state index in [9.17, 15) is 0 Å². The number of hydrogen-bond acceptors (Lipinski definition) is 2. The van der Waals surface area contributed by atoms with Gasteiger partial charge in [-0.2, -0.15) is 0 Å². The van der Waals surface area contributed by atoms with Gasteiger partial charge in [-0.05, 0) is 24.8 Å². The van der Waals surface area contributed by atoms with Crippen LogP contribution in [-0.2, 0) is 4.74 Å². The lowest BCUT2D eigenvalue weighted by Gasteiger charge is -2.28. The van der Waals surface area contributed by atoms with Crippen molar-refractivity contribution in [3.05, 3.63) is 0 Å². The second kappa shape index (κ2) is 5.72. The van der Waals surface area contributed by atoms with Crippen LogP contribution in [0.15, 0.2) is 0 Å². The summed E-state index contributed by atoms with van der Waals surface area (Å²) < 4.78 is 5.33. The Morgan fingerprint density at radius 1 is 1.21 bits per heavy atom. The van der Waals surface area contributed by atoms with Gasteiger partial charge in [-0.15, -0.1) is 0 Å². The zero-order valence-electron chi connectivity index (χ0n) is 10.0. The van der Waals surface area contributed by atoms with Crippen molar-refractivity contribution in [2.75, 3.05) is 32.8 Å². The van der Waals surface area contributed by atoms with Crippen LogP contribution in [0.1, 0.15) is 40.0 Å². The van der Waals surface area contributed by atoms with Gasteiger partial charge in [0, 0.05) is 13.1 Å². The lowest BCUT2D eigenvalue weighted by atomic mass is 9.85. The van der Waals surface area contributed by atoms with Gasteiger partial charge in [-0.25, -0.2) is 0 Å². The van der Waals surface area contributed by atoms with Gasteiger partial charge in [0.05, 0.1) is 13.2 Å². The maximum atomic E-state index is 5.33. The summed E-state index contributed by atoms with van der Waals surface area (Å²) in [5, 5.41) is 0. The standard InChI is InChI=1S/C12H25NO/c1-4-12(2,3)6-5-7-13-8-10-14-11-9-13/h4-11H2,1-3H3. The molecule has 2 heteroatoms. The van der Waals surface area contributed by atoms with E-state index in [0.29, 0.717) is 5.41 Å². The molecule has 1 fully saturated rings. The topological polar surface area (TPSA) is 12.5 Å². The zero-order chi connectivity index (χ0) is 10.4. The second-order valence-corrected chi connectivity index (χ2v) is 5.08. The largest absolute Gasteiger partial charge is 0.379 e. The first-order chi connectivity index (χ1) is 6.64. The van der Waals surface area contributed by atoms with Crippen molar-refractivity contribution < 1.29 is 4.74 Å². The number of morpholine rings is 1. The Hall–Kier alpha value is -0.0800. The SMILES string of the molecule is CCC(C)(C)CCCN1CCOCC1. The summed E-state index contributed by atoms with van der Waals surface area (Å²) in [4.78, 5) is 2.52. The third-order valence-corrected chi connectivity index (χ3v) is 3.39. The van der Waals surface area contributed by atoms with Crippen molar-refractivity contribution in [2.24, 2.45) is 5.41 Å². The Morgan fingerprint density at radius 3 is 2.43 bits per heavy atom. The summed E-state index contributed by atoms with van der Waals surface area (Å²) in [5.41, 5.74) is 0.534. The van der Waals surface area contributed by atoms with Crippen molar-refractivity contribution in [3.63, 3.8) is 0 Å². The Labute approximate surface area is 88.6 Å². The van der Waals surface area contributed by atoms with Crippen molar-refractivity contribution in [1.82, 2.24) is 4.90 Å². The fourth-order valence-electron chi connectivity index (χ4n) is 1.78. The fourth-order valence-corrected chi connectivity index (χ4v) is 1.78. The molecule has 0 bridgehead atoms. The Morgan fingerprint density at radius 2 is 1.86 bits per heavy atom. The lowest BCUT2D eigenvalue weighted by molar-refractivity contribution is 0.0359. The maximum Gasteiger partial charge on any atom is 0.0594 e. The summed E-state index contributed by atoms with van der Waals surface area (Å²) in [6, 6.07) is 0. The van der Waals surface area contributed by atoms with Crippen molar-refractivity contribution >= 4 is 0 Å². The van der Waals surface area contributed by atoms with E-state index in [1.807, 2.05) is 0 Å². The number of hydrogen-bond donors (Lipinski definition) is 0. The smallest absolute Gasteiger partial charge is 0.0594 e. The first-order valence-electron chi connectivity index (χ1n) is 5.94. The van der Waals surface area contributed by atoms with E-state index in [2.05, 4.69) is 25.7 Å². The molecule has 0 aromatic heterocycles. The van der Waals surface area contributed by atoms with Crippen LogP contribution in [0, 0.1) is 5.41 Å². The second-order valence-electron chi connectivity index (χ2n) is 5.08. The first kappa shape index (κ1) is 12.0. The molecule has 0 radical (unpaired) electrons. The number of nitrogens with zero attached hydrogens (tertiary/aromatic N) is 1. The highest BCUT2D eigenvalue weighted by Gasteiger charge is 2.16. The van der Waals surface area contributed by atoms with E-state index in [1.54, 1.807) is 0 Å². The van der Waals surface area contributed by atoms with E-state index >= 15 is 0 Å². The normalized spacial score (nSPS) is 19.9. The highest BCUT2D eigenvalue weighted by Crippen LogP contribution is 2.25. The number of rotatable bonds is 5. The average Bonchev–Trinajstić information content (AvgIpc) is 2.19. The summed E-state index contributed by atoms with van der Waals surface area (Å²) in [5.74, 6) is 0. The lowest BCUT2D eigenvalue weighted by Crippen LogP contribution is -2.37. The summed E-state index contributed by atoms with van der Waals surface area (Å²) in [6.07, 6.45) is 3.97. The summed E-state index contributed by atoms with van der Waals surface area (Å²) in [6.45, 7) is 12.4. The van der Waals surface area contributed by atoms with Gasteiger partial charge >= 0.3 is 0 Å². The highest BCUT2D eigenvalue weighted by molar-refractivity contribution is 4.68. The van der Waals surface area contributed by atoms with E-state index in [1.165, 1.54) is 25.8 Å². The fraction of sp³-hybridized carbons (Fsp3) is 1.00. The first-order valence-corrected chi connectivity index (χ1v) is 5.94. The van der Waals surface area contributed by atoms with Crippen LogP contribution >= 0.6 is 0 Å². The molecule has 0 spiro atoms. The van der Waals surface area contributed by atoms with E-state index < -0.39 is 0 Å². The number of ether oxygens (including phenoxy) is 1. The summed E-state index contributed by atoms with van der Waals surface area (Å²) >= 11 is 0. The molecule has 0 unspecified atom stereocenters. The van der Waals surface area contributed by atoms with Crippen LogP contribution < -0.4 is 0 Å². The van der Waals surface area contributed by atoms with Gasteiger partial charge in [-0.1, -0.05) is 27.2 Å². The molecule has 0 atom stereocenters. The molecule has 84 valence electrons. The molecule has 0 aromatic rings. The molecule has 0 amide bonds. The van der Waals surface area contributed by atoms with Crippen molar-refractivity contribution in [3.8, 4) is 0 Å². The molecule has 1 heterocycles. The van der Waals surface area contributed by atoms with Gasteiger partial charge in [-0.3, -0.25) is 4.90 Å². The van der Waals surface area contributed by atoms with Crippen LogP contribution in [0.5, 0.6) is 0 Å². The van der Waals surface area contributed by atoms with Gasteiger partial charge in [0.2, 0.25) is 0 Å². The minimum Gasteiger partial charge on any atom is -0.379 e. The molecule has 0 aliphatic carbocycles. The minimum atomic E-state index is 0.534. The van der Waals surface area contributed by atoms with Crippen LogP contribution in [0.3, 0.4) is 0 Å². The Kier molecular flexibility index (Phi) is 4.90. The average molecular weight is 199 g/mol. The maximum absolute atomic E-state index is 5.33. The minimum absolute atomic E-state index is 0.534. The van der Waals surface area contributed by atoms with Crippen LogP contribution in [0.4, 0.5) is 0 Å². The molecule has 1 saturated heterocycles. The third kappa shape index (κ3) is 4.43. The van der Waals surface area contributed by atoms with Crippen LogP contribution in [0.25, 0.3) is 0 Å². The Bertz CT molecular complexity index is 150. The zero-order valence-corrected chi connectivity index (χ0v) is 10.0.